The maximum absolute atomic E-state index is 2.45. The van der Waals surface area contributed by atoms with Crippen LogP contribution in [-0.4, -0.2) is 0 Å². The van der Waals surface area contributed by atoms with E-state index in [0.717, 1.165) is 17.8 Å². The SMILES string of the molecule is CCCCCCC(CC(C)CC)C(C)CC. The first-order chi connectivity index (χ1) is 7.65. The largest absolute Gasteiger partial charge is 0.0654 e. The molecule has 0 fully saturated rings. The van der Waals surface area contributed by atoms with Crippen LogP contribution in [0.15, 0.2) is 0 Å². The van der Waals surface area contributed by atoms with Crippen molar-refractivity contribution in [2.45, 2.75) is 86.0 Å². The Morgan fingerprint density at radius 3 is 2.00 bits per heavy atom. The van der Waals surface area contributed by atoms with E-state index in [1.54, 1.807) is 0 Å². The Hall–Kier alpha value is 0. The van der Waals surface area contributed by atoms with Gasteiger partial charge in [-0.1, -0.05) is 79.6 Å². The Morgan fingerprint density at radius 2 is 1.50 bits per heavy atom. The van der Waals surface area contributed by atoms with Crippen molar-refractivity contribution >= 4 is 0 Å². The molecule has 98 valence electrons. The van der Waals surface area contributed by atoms with Gasteiger partial charge in [0.05, 0.1) is 0 Å². The van der Waals surface area contributed by atoms with Crippen LogP contribution in [0, 0.1) is 17.8 Å². The maximum Gasteiger partial charge on any atom is -0.0386 e. The fourth-order valence-electron chi connectivity index (χ4n) is 2.48. The van der Waals surface area contributed by atoms with Gasteiger partial charge in [-0.15, -0.1) is 0 Å². The zero-order valence-corrected chi connectivity index (χ0v) is 12.4. The molecule has 0 aromatic heterocycles. The molecule has 0 rings (SSSR count). The molecule has 0 aliphatic heterocycles. The Bertz CT molecular complexity index is 139. The monoisotopic (exact) mass is 226 g/mol. The van der Waals surface area contributed by atoms with Gasteiger partial charge in [0.2, 0.25) is 0 Å². The van der Waals surface area contributed by atoms with Crippen molar-refractivity contribution in [3.05, 3.63) is 0 Å². The molecular formula is C16H34. The average molecular weight is 226 g/mol. The molecule has 0 aliphatic rings. The summed E-state index contributed by atoms with van der Waals surface area (Å²) in [5.41, 5.74) is 0. The first-order valence-electron chi connectivity index (χ1n) is 7.65. The zero-order valence-electron chi connectivity index (χ0n) is 12.4. The lowest BCUT2D eigenvalue weighted by molar-refractivity contribution is 0.258. The van der Waals surface area contributed by atoms with Gasteiger partial charge in [-0.05, 0) is 24.2 Å². The Morgan fingerprint density at radius 1 is 0.812 bits per heavy atom. The van der Waals surface area contributed by atoms with E-state index in [2.05, 4.69) is 34.6 Å². The van der Waals surface area contributed by atoms with Crippen LogP contribution in [0.25, 0.3) is 0 Å². The summed E-state index contributed by atoms with van der Waals surface area (Å²) >= 11 is 0. The molecule has 0 N–H and O–H groups in total. The highest BCUT2D eigenvalue weighted by Gasteiger charge is 2.17. The fourth-order valence-corrected chi connectivity index (χ4v) is 2.48. The van der Waals surface area contributed by atoms with Gasteiger partial charge in [-0.25, -0.2) is 0 Å². The molecule has 3 atom stereocenters. The quantitative estimate of drug-likeness (QED) is 0.397. The molecule has 0 heterocycles. The lowest BCUT2D eigenvalue weighted by atomic mass is 9.80. The van der Waals surface area contributed by atoms with Crippen molar-refractivity contribution in [3.8, 4) is 0 Å². The van der Waals surface area contributed by atoms with Crippen molar-refractivity contribution in [1.82, 2.24) is 0 Å². The van der Waals surface area contributed by atoms with E-state index in [0.29, 0.717) is 0 Å². The van der Waals surface area contributed by atoms with E-state index in [4.69, 9.17) is 0 Å². The van der Waals surface area contributed by atoms with Gasteiger partial charge in [-0.3, -0.25) is 0 Å². The van der Waals surface area contributed by atoms with E-state index in [9.17, 15) is 0 Å². The lowest BCUT2D eigenvalue weighted by Gasteiger charge is -2.25. The van der Waals surface area contributed by atoms with E-state index in [-0.39, 0.29) is 0 Å². The minimum Gasteiger partial charge on any atom is -0.0654 e. The van der Waals surface area contributed by atoms with Crippen molar-refractivity contribution < 1.29 is 0 Å². The molecule has 0 saturated carbocycles. The van der Waals surface area contributed by atoms with Crippen molar-refractivity contribution in [1.29, 1.82) is 0 Å². The van der Waals surface area contributed by atoms with Crippen LogP contribution < -0.4 is 0 Å². The van der Waals surface area contributed by atoms with Crippen molar-refractivity contribution in [3.63, 3.8) is 0 Å². The third-order valence-electron chi connectivity index (χ3n) is 4.28. The van der Waals surface area contributed by atoms with Crippen LogP contribution in [0.4, 0.5) is 0 Å². The van der Waals surface area contributed by atoms with Gasteiger partial charge in [-0.2, -0.15) is 0 Å². The summed E-state index contributed by atoms with van der Waals surface area (Å²) in [5, 5.41) is 0. The van der Waals surface area contributed by atoms with Gasteiger partial charge in [0, 0.05) is 0 Å². The normalized spacial score (nSPS) is 17.1. The number of hydrogen-bond donors (Lipinski definition) is 0. The first-order valence-corrected chi connectivity index (χ1v) is 7.65. The summed E-state index contributed by atoms with van der Waals surface area (Å²) < 4.78 is 0. The first kappa shape index (κ1) is 16.0. The molecule has 16 heavy (non-hydrogen) atoms. The molecule has 0 radical (unpaired) electrons. The van der Waals surface area contributed by atoms with Crippen molar-refractivity contribution in [2.24, 2.45) is 17.8 Å². The summed E-state index contributed by atoms with van der Waals surface area (Å²) in [6, 6.07) is 0. The minimum absolute atomic E-state index is 0.921. The van der Waals surface area contributed by atoms with Gasteiger partial charge in [0.15, 0.2) is 0 Å². The molecule has 0 heteroatoms. The van der Waals surface area contributed by atoms with Crippen LogP contribution in [0.5, 0.6) is 0 Å². The predicted octanol–water partition coefficient (Wildman–Crippen LogP) is 6.06. The Balaban J connectivity index is 3.90. The molecule has 0 bridgehead atoms. The molecule has 0 aliphatic carbocycles. The second-order valence-electron chi connectivity index (χ2n) is 5.74. The van der Waals surface area contributed by atoms with Gasteiger partial charge in [0.25, 0.3) is 0 Å². The van der Waals surface area contributed by atoms with E-state index in [1.807, 2.05) is 0 Å². The lowest BCUT2D eigenvalue weighted by Crippen LogP contribution is -2.14. The minimum atomic E-state index is 0.921. The van der Waals surface area contributed by atoms with Crippen LogP contribution in [-0.2, 0) is 0 Å². The van der Waals surface area contributed by atoms with E-state index < -0.39 is 0 Å². The highest BCUT2D eigenvalue weighted by atomic mass is 14.2. The highest BCUT2D eigenvalue weighted by molar-refractivity contribution is 4.68. The van der Waals surface area contributed by atoms with Crippen molar-refractivity contribution in [2.75, 3.05) is 0 Å². The summed E-state index contributed by atoms with van der Waals surface area (Å²) in [5.74, 6) is 2.83. The number of rotatable bonds is 10. The third kappa shape index (κ3) is 7.30. The second kappa shape index (κ2) is 10.2. The molecule has 0 amide bonds. The zero-order chi connectivity index (χ0) is 12.4. The summed E-state index contributed by atoms with van der Waals surface area (Å²) in [7, 11) is 0. The summed E-state index contributed by atoms with van der Waals surface area (Å²) in [6.45, 7) is 11.8. The molecule has 0 aromatic carbocycles. The third-order valence-corrected chi connectivity index (χ3v) is 4.28. The molecule has 0 spiro atoms. The molecule has 0 saturated heterocycles. The predicted molar refractivity (Wildman–Crippen MR) is 75.8 cm³/mol. The Kier molecular flexibility index (Phi) is 10.2. The maximum atomic E-state index is 2.45. The smallest absolute Gasteiger partial charge is 0.0386 e. The van der Waals surface area contributed by atoms with E-state index in [1.165, 1.54) is 51.4 Å². The highest BCUT2D eigenvalue weighted by Crippen LogP contribution is 2.29. The molecular weight excluding hydrogens is 192 g/mol. The van der Waals surface area contributed by atoms with Crippen LogP contribution in [0.2, 0.25) is 0 Å². The molecule has 0 nitrogen and oxygen atoms in total. The summed E-state index contributed by atoms with van der Waals surface area (Å²) in [4.78, 5) is 0. The van der Waals surface area contributed by atoms with Gasteiger partial charge in [0.1, 0.15) is 0 Å². The van der Waals surface area contributed by atoms with Crippen LogP contribution in [0.3, 0.4) is 0 Å². The van der Waals surface area contributed by atoms with Crippen LogP contribution >= 0.6 is 0 Å². The Labute approximate surface area is 104 Å². The number of hydrogen-bond acceptors (Lipinski definition) is 0. The van der Waals surface area contributed by atoms with Crippen LogP contribution in [0.1, 0.15) is 86.0 Å². The van der Waals surface area contributed by atoms with Gasteiger partial charge < -0.3 is 0 Å². The summed E-state index contributed by atoms with van der Waals surface area (Å²) in [6.07, 6.45) is 11.3. The average Bonchev–Trinajstić information content (AvgIpc) is 2.31. The van der Waals surface area contributed by atoms with Gasteiger partial charge >= 0.3 is 0 Å². The molecule has 3 unspecified atom stereocenters. The topological polar surface area (TPSA) is 0 Å². The standard InChI is InChI=1S/C16H34/c1-6-9-10-11-12-16(15(5)8-3)13-14(4)7-2/h14-16H,6-13H2,1-5H3. The fraction of sp³-hybridized carbons (Fsp3) is 1.00. The van der Waals surface area contributed by atoms with E-state index >= 15 is 0 Å². The second-order valence-corrected chi connectivity index (χ2v) is 5.74. The number of unbranched alkanes of at least 4 members (excludes halogenated alkanes) is 3. The molecule has 0 aromatic rings.